The second-order valence-electron chi connectivity index (χ2n) is 4.88. The van der Waals surface area contributed by atoms with Crippen molar-refractivity contribution in [3.63, 3.8) is 0 Å². The molecule has 60 valence electrons. The highest BCUT2D eigenvalue weighted by Crippen LogP contribution is 2.53. The maximum absolute atomic E-state index is 1.60. The minimum Gasteiger partial charge on any atom is -0.0475 e. The molecule has 0 aliphatic heterocycles. The highest BCUT2D eigenvalue weighted by atomic mass is 24.3. The van der Waals surface area contributed by atoms with Crippen LogP contribution in [0.5, 0.6) is 0 Å². The molecule has 4 aliphatic carbocycles. The van der Waals surface area contributed by atoms with Gasteiger partial charge in [-0.05, 0) is 62.2 Å². The van der Waals surface area contributed by atoms with E-state index >= 15 is 0 Å². The van der Waals surface area contributed by atoms with Gasteiger partial charge in [-0.15, -0.1) is 0 Å². The largest absolute Gasteiger partial charge is 0.316 e. The van der Waals surface area contributed by atoms with Crippen LogP contribution in [0.3, 0.4) is 0 Å². The zero-order chi connectivity index (χ0) is 6.55. The van der Waals surface area contributed by atoms with Crippen LogP contribution in [0, 0.1) is 23.7 Å². The lowest BCUT2D eigenvalue weighted by atomic mass is 9.56. The van der Waals surface area contributed by atoms with Crippen LogP contribution in [0.4, 0.5) is 0 Å². The SMILES string of the molecule is C1C2CC3CC1CC(C2)C3.[MgH2]. The Balaban J connectivity index is 0.000000480. The van der Waals surface area contributed by atoms with Crippen molar-refractivity contribution in [3.8, 4) is 0 Å². The fraction of sp³-hybridized carbons (Fsp3) is 1.00. The van der Waals surface area contributed by atoms with Crippen molar-refractivity contribution in [3.05, 3.63) is 0 Å². The van der Waals surface area contributed by atoms with Crippen LogP contribution in [0.15, 0.2) is 0 Å². The molecule has 0 spiro atoms. The van der Waals surface area contributed by atoms with Crippen LogP contribution in [0.2, 0.25) is 0 Å². The summed E-state index contributed by atoms with van der Waals surface area (Å²) < 4.78 is 0. The molecule has 4 rings (SSSR count). The summed E-state index contributed by atoms with van der Waals surface area (Å²) in [6.07, 6.45) is 9.62. The summed E-state index contributed by atoms with van der Waals surface area (Å²) in [4.78, 5) is 0. The number of hydrogen-bond acceptors (Lipinski definition) is 0. The van der Waals surface area contributed by atoms with Crippen LogP contribution in [0.1, 0.15) is 38.5 Å². The Hall–Kier alpha value is 0.766. The summed E-state index contributed by atoms with van der Waals surface area (Å²) in [6.45, 7) is 0. The molecule has 0 aromatic heterocycles. The van der Waals surface area contributed by atoms with Crippen molar-refractivity contribution in [2.45, 2.75) is 38.5 Å². The average Bonchev–Trinajstić information content (AvgIpc) is 1.82. The quantitative estimate of drug-likeness (QED) is 0.478. The molecule has 0 radical (unpaired) electrons. The van der Waals surface area contributed by atoms with E-state index in [1.165, 1.54) is 23.7 Å². The highest BCUT2D eigenvalue weighted by Gasteiger charge is 2.41. The third kappa shape index (κ3) is 1.35. The topological polar surface area (TPSA) is 0 Å². The van der Waals surface area contributed by atoms with E-state index in [4.69, 9.17) is 0 Å². The van der Waals surface area contributed by atoms with Gasteiger partial charge >= 0.3 is 23.1 Å². The highest BCUT2D eigenvalue weighted by molar-refractivity contribution is 5.75. The second kappa shape index (κ2) is 2.92. The molecule has 0 nitrogen and oxygen atoms in total. The lowest BCUT2D eigenvalue weighted by molar-refractivity contribution is 0.0198. The van der Waals surface area contributed by atoms with Gasteiger partial charge in [-0.25, -0.2) is 0 Å². The molecule has 0 N–H and O–H groups in total. The van der Waals surface area contributed by atoms with Crippen molar-refractivity contribution in [1.29, 1.82) is 0 Å². The molecule has 4 saturated carbocycles. The van der Waals surface area contributed by atoms with Gasteiger partial charge in [0.1, 0.15) is 0 Å². The average molecular weight is 163 g/mol. The maximum atomic E-state index is 1.60. The van der Waals surface area contributed by atoms with E-state index in [1.54, 1.807) is 38.5 Å². The normalized spacial score (nSPS) is 52.4. The standard InChI is InChI=1S/C10H16.Mg.2H/c1-7-2-9-4-8(1)5-10(3-7)6-9;;;/h7-10H,1-6H2;;;. The second-order valence-corrected chi connectivity index (χ2v) is 4.88. The summed E-state index contributed by atoms with van der Waals surface area (Å²) in [5.74, 6) is 4.71. The lowest BCUT2D eigenvalue weighted by Crippen LogP contribution is -2.38. The first-order chi connectivity index (χ1) is 4.90. The van der Waals surface area contributed by atoms with Crippen LogP contribution in [-0.2, 0) is 0 Å². The van der Waals surface area contributed by atoms with Gasteiger partial charge in [0.25, 0.3) is 0 Å². The number of hydrogen-bond donors (Lipinski definition) is 0. The summed E-state index contributed by atoms with van der Waals surface area (Å²) >= 11 is 0. The molecule has 0 heterocycles. The molecule has 0 unspecified atom stereocenters. The summed E-state index contributed by atoms with van der Waals surface area (Å²) in [7, 11) is 0. The van der Waals surface area contributed by atoms with E-state index in [9.17, 15) is 0 Å². The minimum absolute atomic E-state index is 0. The third-order valence-electron chi connectivity index (χ3n) is 4.00. The third-order valence-corrected chi connectivity index (χ3v) is 4.00. The van der Waals surface area contributed by atoms with E-state index in [0.29, 0.717) is 0 Å². The lowest BCUT2D eigenvalue weighted by Gasteiger charge is -2.49. The van der Waals surface area contributed by atoms with E-state index in [-0.39, 0.29) is 23.1 Å². The predicted molar refractivity (Wildman–Crippen MR) is 50.2 cm³/mol. The minimum atomic E-state index is 0. The fourth-order valence-electron chi connectivity index (χ4n) is 3.98. The van der Waals surface area contributed by atoms with E-state index in [2.05, 4.69) is 0 Å². The van der Waals surface area contributed by atoms with Crippen molar-refractivity contribution in [2.24, 2.45) is 23.7 Å². The monoisotopic (exact) mass is 162 g/mol. The molecule has 4 bridgehead atoms. The molecule has 0 amide bonds. The van der Waals surface area contributed by atoms with E-state index in [0.717, 1.165) is 0 Å². The van der Waals surface area contributed by atoms with Crippen LogP contribution in [0.25, 0.3) is 0 Å². The maximum Gasteiger partial charge on any atom is 0.316 e. The Labute approximate surface area is 85.3 Å². The summed E-state index contributed by atoms with van der Waals surface area (Å²) in [6, 6.07) is 0. The van der Waals surface area contributed by atoms with Crippen LogP contribution in [-0.4, -0.2) is 23.1 Å². The Bertz CT molecular complexity index is 96.4. The van der Waals surface area contributed by atoms with Crippen LogP contribution < -0.4 is 0 Å². The van der Waals surface area contributed by atoms with Gasteiger partial charge in [-0.1, -0.05) is 0 Å². The van der Waals surface area contributed by atoms with Gasteiger partial charge in [0.2, 0.25) is 0 Å². The molecule has 4 fully saturated rings. The van der Waals surface area contributed by atoms with Crippen molar-refractivity contribution in [1.82, 2.24) is 0 Å². The van der Waals surface area contributed by atoms with E-state index in [1.807, 2.05) is 0 Å². The first-order valence-electron chi connectivity index (χ1n) is 4.90. The first kappa shape index (κ1) is 8.37. The molecule has 0 aromatic rings. The molecule has 0 saturated heterocycles. The summed E-state index contributed by atoms with van der Waals surface area (Å²) in [5, 5.41) is 0. The fourth-order valence-corrected chi connectivity index (χ4v) is 3.98. The first-order valence-corrected chi connectivity index (χ1v) is 4.90. The van der Waals surface area contributed by atoms with Crippen LogP contribution >= 0.6 is 0 Å². The van der Waals surface area contributed by atoms with Gasteiger partial charge in [0, 0.05) is 0 Å². The Morgan fingerprint density at radius 2 is 0.636 bits per heavy atom. The van der Waals surface area contributed by atoms with Crippen molar-refractivity contribution < 1.29 is 0 Å². The molecule has 4 aliphatic rings. The number of rotatable bonds is 0. The molecule has 1 heteroatoms. The van der Waals surface area contributed by atoms with Gasteiger partial charge in [0.05, 0.1) is 0 Å². The molecule has 11 heavy (non-hydrogen) atoms. The van der Waals surface area contributed by atoms with Gasteiger partial charge in [-0.2, -0.15) is 0 Å². The van der Waals surface area contributed by atoms with E-state index < -0.39 is 0 Å². The zero-order valence-corrected chi connectivity index (χ0v) is 6.55. The molecule has 0 atom stereocenters. The smallest absolute Gasteiger partial charge is 0.0475 e. The predicted octanol–water partition coefficient (Wildman–Crippen LogP) is 1.92. The van der Waals surface area contributed by atoms with Crippen molar-refractivity contribution in [2.75, 3.05) is 0 Å². The Kier molecular flexibility index (Phi) is 2.22. The molecular formula is C10H18Mg. The van der Waals surface area contributed by atoms with Gasteiger partial charge in [-0.3, -0.25) is 0 Å². The Morgan fingerprint density at radius 1 is 0.455 bits per heavy atom. The summed E-state index contributed by atoms with van der Waals surface area (Å²) in [5.41, 5.74) is 0. The van der Waals surface area contributed by atoms with Gasteiger partial charge in [0.15, 0.2) is 0 Å². The Morgan fingerprint density at radius 3 is 0.818 bits per heavy atom. The van der Waals surface area contributed by atoms with Crippen molar-refractivity contribution >= 4 is 23.1 Å². The molecule has 0 aromatic carbocycles. The zero-order valence-electron chi connectivity index (χ0n) is 6.55. The van der Waals surface area contributed by atoms with Gasteiger partial charge < -0.3 is 0 Å². The molecular weight excluding hydrogens is 144 g/mol.